The first-order valence-electron chi connectivity index (χ1n) is 8.57. The van der Waals surface area contributed by atoms with E-state index < -0.39 is 0 Å². The Labute approximate surface area is 150 Å². The fourth-order valence-corrected chi connectivity index (χ4v) is 3.29. The number of nitrogens with zero attached hydrogens (tertiary/aromatic N) is 3. The largest absolute Gasteiger partial charge is 0.324 e. The summed E-state index contributed by atoms with van der Waals surface area (Å²) in [5.74, 6) is 0.642. The van der Waals surface area contributed by atoms with E-state index in [0.29, 0.717) is 29.8 Å². The number of likely N-dealkylation sites (tertiary alicyclic amines) is 1. The van der Waals surface area contributed by atoms with Crippen LogP contribution in [0.5, 0.6) is 0 Å². The Morgan fingerprint density at radius 1 is 1.35 bits per heavy atom. The third-order valence-corrected chi connectivity index (χ3v) is 4.66. The van der Waals surface area contributed by atoms with Gasteiger partial charge in [0.15, 0.2) is 0 Å². The number of pyridine rings is 1. The molecule has 0 spiro atoms. The van der Waals surface area contributed by atoms with Crippen LogP contribution in [0.1, 0.15) is 23.7 Å². The summed E-state index contributed by atoms with van der Waals surface area (Å²) in [5.41, 5.74) is 2.31. The van der Waals surface area contributed by atoms with Gasteiger partial charge in [0.05, 0.1) is 10.9 Å². The highest BCUT2D eigenvalue weighted by molar-refractivity contribution is 5.89. The Morgan fingerprint density at radius 3 is 3.08 bits per heavy atom. The van der Waals surface area contributed by atoms with Gasteiger partial charge < -0.3 is 15.2 Å². The highest BCUT2D eigenvalue weighted by Crippen LogP contribution is 2.25. The molecule has 3 heterocycles. The number of aromatic nitrogens is 3. The number of carbonyl (C=O) groups is 1. The van der Waals surface area contributed by atoms with Gasteiger partial charge in [-0.25, -0.2) is 9.78 Å². The molecular formula is C19H19N5O2. The number of rotatable bonds is 2. The van der Waals surface area contributed by atoms with Crippen molar-refractivity contribution in [2.75, 3.05) is 18.4 Å². The fraction of sp³-hybridized carbons (Fsp3) is 0.263. The third-order valence-electron chi connectivity index (χ3n) is 4.66. The molecule has 1 unspecified atom stereocenters. The molecule has 2 aromatic heterocycles. The lowest BCUT2D eigenvalue weighted by Crippen LogP contribution is -2.33. The minimum atomic E-state index is -0.194. The zero-order valence-corrected chi connectivity index (χ0v) is 14.4. The van der Waals surface area contributed by atoms with Crippen molar-refractivity contribution in [2.45, 2.75) is 19.3 Å². The van der Waals surface area contributed by atoms with E-state index in [1.165, 1.54) is 6.20 Å². The molecule has 7 nitrogen and oxygen atoms in total. The van der Waals surface area contributed by atoms with Gasteiger partial charge in [-0.05, 0) is 37.1 Å². The van der Waals surface area contributed by atoms with Gasteiger partial charge in [0.25, 0.3) is 5.56 Å². The number of nitrogens with one attached hydrogen (secondary N) is 2. The summed E-state index contributed by atoms with van der Waals surface area (Å²) in [6, 6.07) is 9.29. The van der Waals surface area contributed by atoms with Crippen molar-refractivity contribution >= 4 is 22.6 Å². The van der Waals surface area contributed by atoms with E-state index in [-0.39, 0.29) is 17.5 Å². The van der Waals surface area contributed by atoms with Crippen LogP contribution >= 0.6 is 0 Å². The van der Waals surface area contributed by atoms with Crippen molar-refractivity contribution in [1.29, 1.82) is 0 Å². The first-order chi connectivity index (χ1) is 12.6. The minimum absolute atomic E-state index is 0.0172. The van der Waals surface area contributed by atoms with Gasteiger partial charge in [-0.3, -0.25) is 9.78 Å². The molecule has 0 saturated carbocycles. The number of amides is 2. The van der Waals surface area contributed by atoms with Crippen LogP contribution in [0.15, 0.2) is 47.5 Å². The van der Waals surface area contributed by atoms with Crippen molar-refractivity contribution in [3.8, 4) is 0 Å². The lowest BCUT2D eigenvalue weighted by Gasteiger charge is -2.17. The Kier molecular flexibility index (Phi) is 4.12. The number of anilines is 1. The van der Waals surface area contributed by atoms with Crippen LogP contribution in [-0.4, -0.2) is 39.0 Å². The van der Waals surface area contributed by atoms with Gasteiger partial charge in [-0.2, -0.15) is 0 Å². The van der Waals surface area contributed by atoms with E-state index in [4.69, 9.17) is 0 Å². The van der Waals surface area contributed by atoms with Gasteiger partial charge in [0, 0.05) is 37.1 Å². The van der Waals surface area contributed by atoms with E-state index in [1.54, 1.807) is 17.2 Å². The van der Waals surface area contributed by atoms with Crippen LogP contribution in [0, 0.1) is 6.92 Å². The van der Waals surface area contributed by atoms with Crippen molar-refractivity contribution in [3.05, 3.63) is 64.5 Å². The van der Waals surface area contributed by atoms with E-state index in [0.717, 1.165) is 17.7 Å². The summed E-state index contributed by atoms with van der Waals surface area (Å²) in [5, 5.41) is 3.40. The highest BCUT2D eigenvalue weighted by Gasteiger charge is 2.29. The average Bonchev–Trinajstić information content (AvgIpc) is 3.12. The maximum absolute atomic E-state index is 12.5. The second kappa shape index (κ2) is 6.59. The Morgan fingerprint density at radius 2 is 2.23 bits per heavy atom. The number of hydrogen-bond donors (Lipinski definition) is 2. The number of fused-ring (bicyclic) bond motifs is 1. The number of aromatic amines is 1. The van der Waals surface area contributed by atoms with Gasteiger partial charge >= 0.3 is 6.03 Å². The molecule has 1 atom stereocenters. The molecule has 0 bridgehead atoms. The third kappa shape index (κ3) is 3.15. The molecule has 3 aromatic rings. The number of urea groups is 1. The van der Waals surface area contributed by atoms with Crippen molar-refractivity contribution in [3.63, 3.8) is 0 Å². The molecule has 1 aliphatic heterocycles. The number of H-pyrrole nitrogens is 1. The smallest absolute Gasteiger partial charge is 0.321 e. The molecule has 7 heteroatoms. The first kappa shape index (κ1) is 16.3. The standard InChI is InChI=1S/C19H19N5O2/c1-12-3-2-4-14(9-12)21-19(26)24-8-6-13(11-24)17-22-16-5-7-20-10-15(16)18(25)23-17/h2-5,7,9-10,13H,6,8,11H2,1H3,(H,21,26)(H,22,23,25). The zero-order chi connectivity index (χ0) is 18.1. The van der Waals surface area contributed by atoms with Crippen molar-refractivity contribution < 1.29 is 4.79 Å². The monoisotopic (exact) mass is 349 g/mol. The normalized spacial score (nSPS) is 16.8. The molecule has 1 aliphatic rings. The summed E-state index contributed by atoms with van der Waals surface area (Å²) < 4.78 is 0. The Balaban J connectivity index is 1.50. The summed E-state index contributed by atoms with van der Waals surface area (Å²) >= 11 is 0. The topological polar surface area (TPSA) is 91.0 Å². The van der Waals surface area contributed by atoms with Gasteiger partial charge in [0.2, 0.25) is 0 Å². The van der Waals surface area contributed by atoms with Crippen LogP contribution in [0.25, 0.3) is 10.9 Å². The predicted octanol–water partition coefficient (Wildman–Crippen LogP) is 2.65. The van der Waals surface area contributed by atoms with Crippen LogP contribution in [-0.2, 0) is 0 Å². The first-order valence-corrected chi connectivity index (χ1v) is 8.57. The number of aryl methyl sites for hydroxylation is 1. The van der Waals surface area contributed by atoms with Crippen molar-refractivity contribution in [2.24, 2.45) is 0 Å². The summed E-state index contributed by atoms with van der Waals surface area (Å²) in [6.45, 7) is 3.14. The summed E-state index contributed by atoms with van der Waals surface area (Å²) in [4.78, 5) is 37.8. The Hall–Kier alpha value is -3.22. The lowest BCUT2D eigenvalue weighted by atomic mass is 10.1. The molecule has 1 aromatic carbocycles. The van der Waals surface area contributed by atoms with Crippen LogP contribution in [0.4, 0.5) is 10.5 Å². The molecule has 132 valence electrons. The molecule has 26 heavy (non-hydrogen) atoms. The fourth-order valence-electron chi connectivity index (χ4n) is 3.29. The highest BCUT2D eigenvalue weighted by atomic mass is 16.2. The molecule has 1 saturated heterocycles. The molecule has 2 amide bonds. The number of carbonyl (C=O) groups excluding carboxylic acids is 1. The number of benzene rings is 1. The van der Waals surface area contributed by atoms with E-state index in [9.17, 15) is 9.59 Å². The second-order valence-electron chi connectivity index (χ2n) is 6.58. The average molecular weight is 349 g/mol. The maximum atomic E-state index is 12.5. The molecule has 4 rings (SSSR count). The molecule has 0 aliphatic carbocycles. The zero-order valence-electron chi connectivity index (χ0n) is 14.4. The minimum Gasteiger partial charge on any atom is -0.324 e. The quantitative estimate of drug-likeness (QED) is 0.744. The Bertz CT molecular complexity index is 1030. The van der Waals surface area contributed by atoms with Gasteiger partial charge in [0.1, 0.15) is 5.82 Å². The van der Waals surface area contributed by atoms with E-state index in [2.05, 4.69) is 20.3 Å². The van der Waals surface area contributed by atoms with Crippen LogP contribution < -0.4 is 10.9 Å². The maximum Gasteiger partial charge on any atom is 0.321 e. The van der Waals surface area contributed by atoms with Gasteiger partial charge in [-0.15, -0.1) is 0 Å². The summed E-state index contributed by atoms with van der Waals surface area (Å²) in [7, 11) is 0. The van der Waals surface area contributed by atoms with Crippen LogP contribution in [0.3, 0.4) is 0 Å². The molecule has 1 fully saturated rings. The molecular weight excluding hydrogens is 330 g/mol. The van der Waals surface area contributed by atoms with Crippen LogP contribution in [0.2, 0.25) is 0 Å². The SMILES string of the molecule is Cc1cccc(NC(=O)N2CCC(c3nc4ccncc4c(=O)[nH]3)C2)c1. The lowest BCUT2D eigenvalue weighted by molar-refractivity contribution is 0.222. The van der Waals surface area contributed by atoms with E-state index in [1.807, 2.05) is 31.2 Å². The molecule has 2 N–H and O–H groups in total. The second-order valence-corrected chi connectivity index (χ2v) is 6.58. The van der Waals surface area contributed by atoms with Gasteiger partial charge in [-0.1, -0.05) is 12.1 Å². The summed E-state index contributed by atoms with van der Waals surface area (Å²) in [6.07, 6.45) is 3.90. The number of hydrogen-bond acceptors (Lipinski definition) is 4. The van der Waals surface area contributed by atoms with Crippen molar-refractivity contribution in [1.82, 2.24) is 19.9 Å². The predicted molar refractivity (Wildman–Crippen MR) is 99.3 cm³/mol. The molecule has 0 radical (unpaired) electrons. The van der Waals surface area contributed by atoms with E-state index >= 15 is 0 Å².